The number of ether oxygens (including phenoxy) is 1. The fourth-order valence-electron chi connectivity index (χ4n) is 1.58. The highest BCUT2D eigenvalue weighted by atomic mass is 16.5. The molecule has 1 amide bonds. The van der Waals surface area contributed by atoms with E-state index in [9.17, 15) is 9.90 Å². The Balaban J connectivity index is 2.14. The summed E-state index contributed by atoms with van der Waals surface area (Å²) in [5, 5.41) is 12.6. The van der Waals surface area contributed by atoms with Gasteiger partial charge in [0.2, 0.25) is 5.91 Å². The first kappa shape index (κ1) is 13.4. The lowest BCUT2D eigenvalue weighted by molar-refractivity contribution is -0.122. The van der Waals surface area contributed by atoms with Crippen molar-refractivity contribution >= 4 is 5.91 Å². The van der Waals surface area contributed by atoms with Crippen LogP contribution in [0, 0.1) is 5.92 Å². The monoisotopic (exact) mass is 230 g/mol. The number of carbonyl (C=O) groups excluding carboxylic acids is 1. The van der Waals surface area contributed by atoms with E-state index in [0.29, 0.717) is 38.5 Å². The van der Waals surface area contributed by atoms with Crippen molar-refractivity contribution in [3.05, 3.63) is 0 Å². The van der Waals surface area contributed by atoms with Crippen molar-refractivity contribution in [1.82, 2.24) is 5.32 Å². The summed E-state index contributed by atoms with van der Waals surface area (Å²) in [4.78, 5) is 11.5. The molecule has 0 aromatic rings. The number of amides is 1. The van der Waals surface area contributed by atoms with Gasteiger partial charge in [0.05, 0.1) is 6.61 Å². The lowest BCUT2D eigenvalue weighted by atomic mass is 10.0. The summed E-state index contributed by atoms with van der Waals surface area (Å²) in [6.07, 6.45) is 1.85. The van der Waals surface area contributed by atoms with Gasteiger partial charge in [-0.05, 0) is 18.9 Å². The number of carbonyl (C=O) groups is 1. The normalized spacial score (nSPS) is 26.7. The largest absolute Gasteiger partial charge is 0.386 e. The first-order valence-corrected chi connectivity index (χ1v) is 5.82. The molecule has 5 heteroatoms. The molecule has 5 nitrogen and oxygen atoms in total. The molecule has 4 N–H and O–H groups in total. The average molecular weight is 230 g/mol. The maximum Gasteiger partial charge on any atom is 0.220 e. The zero-order valence-corrected chi connectivity index (χ0v) is 9.87. The fourth-order valence-corrected chi connectivity index (χ4v) is 1.58. The van der Waals surface area contributed by atoms with Crippen LogP contribution in [0.15, 0.2) is 0 Å². The van der Waals surface area contributed by atoms with E-state index < -0.39 is 5.60 Å². The summed E-state index contributed by atoms with van der Waals surface area (Å²) in [5.41, 5.74) is 4.60. The van der Waals surface area contributed by atoms with Crippen molar-refractivity contribution in [2.45, 2.75) is 31.8 Å². The third-order valence-electron chi connectivity index (χ3n) is 2.96. The van der Waals surface area contributed by atoms with Crippen LogP contribution in [0.4, 0.5) is 0 Å². The minimum atomic E-state index is -0.866. The Morgan fingerprint density at radius 1 is 1.69 bits per heavy atom. The SMILES string of the molecule is CC(CN)CCC(=O)NCC1(O)CCOC1. The van der Waals surface area contributed by atoms with Crippen LogP contribution in [-0.2, 0) is 9.53 Å². The molecule has 1 heterocycles. The second-order valence-electron chi connectivity index (χ2n) is 4.68. The van der Waals surface area contributed by atoms with E-state index in [-0.39, 0.29) is 12.5 Å². The van der Waals surface area contributed by atoms with Gasteiger partial charge in [-0.3, -0.25) is 4.79 Å². The number of hydrogen-bond acceptors (Lipinski definition) is 4. The van der Waals surface area contributed by atoms with Gasteiger partial charge < -0.3 is 20.9 Å². The Morgan fingerprint density at radius 2 is 2.44 bits per heavy atom. The van der Waals surface area contributed by atoms with E-state index >= 15 is 0 Å². The first-order valence-electron chi connectivity index (χ1n) is 5.82. The van der Waals surface area contributed by atoms with Crippen molar-refractivity contribution in [2.75, 3.05) is 26.3 Å². The Hall–Kier alpha value is -0.650. The van der Waals surface area contributed by atoms with Crippen LogP contribution in [0.2, 0.25) is 0 Å². The molecule has 94 valence electrons. The van der Waals surface area contributed by atoms with Gasteiger partial charge in [0, 0.05) is 26.0 Å². The van der Waals surface area contributed by atoms with Gasteiger partial charge in [-0.25, -0.2) is 0 Å². The van der Waals surface area contributed by atoms with Gasteiger partial charge in [-0.1, -0.05) is 6.92 Å². The molecule has 1 aliphatic heterocycles. The maximum absolute atomic E-state index is 11.5. The van der Waals surface area contributed by atoms with Gasteiger partial charge >= 0.3 is 0 Å². The quantitative estimate of drug-likeness (QED) is 0.581. The highest BCUT2D eigenvalue weighted by Gasteiger charge is 2.32. The average Bonchev–Trinajstić information content (AvgIpc) is 2.71. The molecule has 0 aliphatic carbocycles. The lowest BCUT2D eigenvalue weighted by Crippen LogP contribution is -2.43. The predicted octanol–water partition coefficient (Wildman–Crippen LogP) is -0.371. The molecule has 0 aromatic carbocycles. The van der Waals surface area contributed by atoms with Crippen LogP contribution >= 0.6 is 0 Å². The lowest BCUT2D eigenvalue weighted by Gasteiger charge is -2.20. The van der Waals surface area contributed by atoms with Gasteiger partial charge in [-0.15, -0.1) is 0 Å². The molecule has 0 radical (unpaired) electrons. The number of nitrogens with one attached hydrogen (secondary N) is 1. The summed E-state index contributed by atoms with van der Waals surface area (Å²) in [7, 11) is 0. The van der Waals surface area contributed by atoms with Gasteiger partial charge in [0.25, 0.3) is 0 Å². The number of nitrogens with two attached hydrogens (primary N) is 1. The Labute approximate surface area is 96.3 Å². The molecule has 0 bridgehead atoms. The van der Waals surface area contributed by atoms with Crippen molar-refractivity contribution in [1.29, 1.82) is 0 Å². The Bertz CT molecular complexity index is 227. The molecule has 1 rings (SSSR count). The number of hydrogen-bond donors (Lipinski definition) is 3. The van der Waals surface area contributed by atoms with Crippen molar-refractivity contribution in [2.24, 2.45) is 11.7 Å². The van der Waals surface area contributed by atoms with E-state index in [1.165, 1.54) is 0 Å². The highest BCUT2D eigenvalue weighted by Crippen LogP contribution is 2.16. The molecule has 16 heavy (non-hydrogen) atoms. The minimum absolute atomic E-state index is 0.0272. The van der Waals surface area contributed by atoms with Crippen LogP contribution in [0.1, 0.15) is 26.2 Å². The zero-order chi connectivity index (χ0) is 12.0. The highest BCUT2D eigenvalue weighted by molar-refractivity contribution is 5.75. The van der Waals surface area contributed by atoms with E-state index in [1.54, 1.807) is 0 Å². The maximum atomic E-state index is 11.5. The topological polar surface area (TPSA) is 84.6 Å². The molecule has 0 aromatic heterocycles. The van der Waals surface area contributed by atoms with E-state index in [4.69, 9.17) is 10.5 Å². The summed E-state index contributed by atoms with van der Waals surface area (Å²) in [5.74, 6) is 0.337. The van der Waals surface area contributed by atoms with E-state index in [0.717, 1.165) is 6.42 Å². The Morgan fingerprint density at radius 3 is 3.00 bits per heavy atom. The van der Waals surface area contributed by atoms with Crippen LogP contribution in [-0.4, -0.2) is 42.9 Å². The van der Waals surface area contributed by atoms with Crippen LogP contribution < -0.4 is 11.1 Å². The smallest absolute Gasteiger partial charge is 0.220 e. The summed E-state index contributed by atoms with van der Waals surface area (Å²) >= 11 is 0. The Kier molecular flexibility index (Phi) is 5.18. The van der Waals surface area contributed by atoms with Crippen LogP contribution in [0.3, 0.4) is 0 Å². The van der Waals surface area contributed by atoms with E-state index in [2.05, 4.69) is 5.32 Å². The molecule has 0 saturated carbocycles. The number of rotatable bonds is 6. The van der Waals surface area contributed by atoms with Crippen molar-refractivity contribution in [3.8, 4) is 0 Å². The molecular formula is C11H22N2O3. The molecule has 2 unspecified atom stereocenters. The molecule has 1 aliphatic rings. The third kappa shape index (κ3) is 4.47. The molecule has 1 saturated heterocycles. The van der Waals surface area contributed by atoms with Gasteiger partial charge in [0.15, 0.2) is 0 Å². The fraction of sp³-hybridized carbons (Fsp3) is 0.909. The van der Waals surface area contributed by atoms with Gasteiger partial charge in [-0.2, -0.15) is 0 Å². The zero-order valence-electron chi connectivity index (χ0n) is 9.87. The third-order valence-corrected chi connectivity index (χ3v) is 2.96. The van der Waals surface area contributed by atoms with Crippen molar-refractivity contribution < 1.29 is 14.6 Å². The second-order valence-corrected chi connectivity index (χ2v) is 4.68. The second kappa shape index (κ2) is 6.18. The molecule has 1 fully saturated rings. The first-order chi connectivity index (χ1) is 7.56. The van der Waals surface area contributed by atoms with Crippen molar-refractivity contribution in [3.63, 3.8) is 0 Å². The molecular weight excluding hydrogens is 208 g/mol. The van der Waals surface area contributed by atoms with Crippen LogP contribution in [0.25, 0.3) is 0 Å². The number of aliphatic hydroxyl groups is 1. The standard InChI is InChI=1S/C11H22N2O3/c1-9(6-12)2-3-10(14)13-7-11(15)4-5-16-8-11/h9,15H,2-8,12H2,1H3,(H,13,14). The summed E-state index contributed by atoms with van der Waals surface area (Å²) in [6.45, 7) is 3.78. The van der Waals surface area contributed by atoms with E-state index in [1.807, 2.05) is 6.92 Å². The summed E-state index contributed by atoms with van der Waals surface area (Å²) in [6, 6.07) is 0. The van der Waals surface area contributed by atoms with Gasteiger partial charge in [0.1, 0.15) is 5.60 Å². The van der Waals surface area contributed by atoms with Crippen LogP contribution in [0.5, 0.6) is 0 Å². The summed E-state index contributed by atoms with van der Waals surface area (Å²) < 4.78 is 5.09. The molecule has 2 atom stereocenters. The predicted molar refractivity (Wildman–Crippen MR) is 60.8 cm³/mol. The minimum Gasteiger partial charge on any atom is -0.386 e. The molecule has 0 spiro atoms.